The summed E-state index contributed by atoms with van der Waals surface area (Å²) in [6.45, 7) is 2.55. The van der Waals surface area contributed by atoms with Crippen LogP contribution >= 0.6 is 0 Å². The Kier molecular flexibility index (Phi) is 8.11. The molecule has 0 aromatic heterocycles. The second-order valence-corrected chi connectivity index (χ2v) is 5.32. The molecule has 1 aliphatic rings. The number of nitrogens with zero attached hydrogens (tertiary/aromatic N) is 1. The number of carboxylic acids is 1. The van der Waals surface area contributed by atoms with Crippen molar-refractivity contribution in [3.8, 4) is 5.75 Å². The van der Waals surface area contributed by atoms with Gasteiger partial charge in [-0.15, -0.1) is 0 Å². The first kappa shape index (κ1) is 20.9. The molecule has 1 aliphatic heterocycles. The monoisotopic (exact) mass is 317 g/mol. The number of aliphatic carboxylic acids is 1. The predicted molar refractivity (Wildman–Crippen MR) is 75.3 cm³/mol. The Hall–Kier alpha value is -1.08. The van der Waals surface area contributed by atoms with Crippen LogP contribution in [0, 0.1) is 5.41 Å². The van der Waals surface area contributed by atoms with Gasteiger partial charge in [0.25, 0.3) is 0 Å². The van der Waals surface area contributed by atoms with E-state index in [0.717, 1.165) is 11.3 Å². The van der Waals surface area contributed by atoms with Gasteiger partial charge in [-0.3, -0.25) is 9.59 Å². The number of piperidine rings is 1. The van der Waals surface area contributed by atoms with Gasteiger partial charge in [0.05, 0.1) is 7.11 Å². The Morgan fingerprint density at radius 3 is 2.45 bits per heavy atom. The number of hydrogen-bond donors (Lipinski definition) is 1. The van der Waals surface area contributed by atoms with Crippen molar-refractivity contribution in [2.75, 3.05) is 13.7 Å². The van der Waals surface area contributed by atoms with Crippen molar-refractivity contribution in [1.82, 2.24) is 4.90 Å². The number of carbonyl (C=O) groups is 2. The molecule has 6 nitrogen and oxygen atoms in total. The maximum atomic E-state index is 12.3. The van der Waals surface area contributed by atoms with Gasteiger partial charge in [-0.25, -0.2) is 0 Å². The van der Waals surface area contributed by atoms with Crippen LogP contribution in [-0.2, 0) is 16.1 Å². The van der Waals surface area contributed by atoms with Crippen LogP contribution in [0.5, 0.6) is 5.75 Å². The number of hydrogen-bond acceptors (Lipinski definition) is 4. The first-order valence-electron chi connectivity index (χ1n) is 6.63. The molecule has 7 heteroatoms. The largest absolute Gasteiger partial charge is 1.00 e. The first-order chi connectivity index (χ1) is 9.47. The van der Waals surface area contributed by atoms with Gasteiger partial charge in [-0.2, -0.15) is 0 Å². The number of methoxy groups -OCH3 is 1. The number of rotatable bonds is 4. The van der Waals surface area contributed by atoms with Crippen molar-refractivity contribution in [2.45, 2.75) is 26.3 Å². The van der Waals surface area contributed by atoms with Crippen LogP contribution in [0.2, 0.25) is 0 Å². The van der Waals surface area contributed by atoms with Crippen molar-refractivity contribution in [3.63, 3.8) is 0 Å². The first-order valence-corrected chi connectivity index (χ1v) is 6.63. The number of carbonyl (C=O) groups excluding carboxylic acids is 1. The van der Waals surface area contributed by atoms with Crippen LogP contribution in [0.3, 0.4) is 0 Å². The van der Waals surface area contributed by atoms with E-state index in [0.29, 0.717) is 25.9 Å². The maximum absolute atomic E-state index is 12.3. The molecule has 1 atom stereocenters. The van der Waals surface area contributed by atoms with Gasteiger partial charge in [-0.05, 0) is 37.5 Å². The summed E-state index contributed by atoms with van der Waals surface area (Å²) in [5, 5.41) is 9.26. The number of ether oxygens (including phenoxy) is 1. The minimum Gasteiger partial charge on any atom is -0.870 e. The molecule has 1 heterocycles. The average molecular weight is 317 g/mol. The molecule has 1 aromatic carbocycles. The van der Waals surface area contributed by atoms with Crippen molar-refractivity contribution in [3.05, 3.63) is 29.8 Å². The minimum absolute atomic E-state index is 0. The number of likely N-dealkylation sites (tertiary alicyclic amines) is 1. The van der Waals surface area contributed by atoms with Crippen molar-refractivity contribution >= 4 is 11.9 Å². The third-order valence-electron chi connectivity index (χ3n) is 3.87. The van der Waals surface area contributed by atoms with Crippen LogP contribution in [0.1, 0.15) is 25.3 Å². The number of carboxylic acid groups (broad SMARTS) is 1. The molecular formula is C15H20NNaO5. The molecule has 0 saturated carbocycles. The van der Waals surface area contributed by atoms with E-state index in [9.17, 15) is 14.7 Å². The Morgan fingerprint density at radius 2 is 1.95 bits per heavy atom. The van der Waals surface area contributed by atoms with Crippen molar-refractivity contribution in [2.24, 2.45) is 5.41 Å². The van der Waals surface area contributed by atoms with Gasteiger partial charge in [0.2, 0.25) is 5.91 Å². The fourth-order valence-electron chi connectivity index (χ4n) is 2.48. The van der Waals surface area contributed by atoms with Gasteiger partial charge in [-0.1, -0.05) is 12.1 Å². The zero-order chi connectivity index (χ0) is 14.8. The van der Waals surface area contributed by atoms with E-state index in [1.165, 1.54) is 6.92 Å². The van der Waals surface area contributed by atoms with Crippen LogP contribution in [0.15, 0.2) is 24.3 Å². The molecule has 0 aliphatic carbocycles. The van der Waals surface area contributed by atoms with E-state index >= 15 is 0 Å². The van der Waals surface area contributed by atoms with Gasteiger partial charge < -0.3 is 20.2 Å². The topological polar surface area (TPSA) is 96.8 Å². The third kappa shape index (κ3) is 4.23. The summed E-state index contributed by atoms with van der Waals surface area (Å²) < 4.78 is 5.09. The van der Waals surface area contributed by atoms with E-state index in [4.69, 9.17) is 4.74 Å². The normalized spacial score (nSPS) is 20.6. The van der Waals surface area contributed by atoms with Gasteiger partial charge in [0, 0.05) is 13.1 Å². The average Bonchev–Trinajstić information content (AvgIpc) is 2.44. The molecule has 1 unspecified atom stereocenters. The van der Waals surface area contributed by atoms with E-state index in [1.54, 1.807) is 12.0 Å². The number of amides is 1. The standard InChI is InChI=1S/C15H19NO4.Na.H2O/c1-15(14(18)19)8-3-9-16(13(15)17)10-11-4-6-12(20-2)7-5-11;;/h4-7H,3,8-10H2,1-2H3,(H,18,19);;1H2/q;+1;/p-1. The van der Waals surface area contributed by atoms with Gasteiger partial charge >= 0.3 is 35.5 Å². The summed E-state index contributed by atoms with van der Waals surface area (Å²) in [6, 6.07) is 7.44. The second kappa shape index (κ2) is 8.53. The molecule has 2 N–H and O–H groups in total. The molecule has 2 rings (SSSR count). The number of benzene rings is 1. The molecular weight excluding hydrogens is 297 g/mol. The predicted octanol–water partition coefficient (Wildman–Crippen LogP) is -1.26. The summed E-state index contributed by atoms with van der Waals surface area (Å²) in [4.78, 5) is 25.3. The van der Waals surface area contributed by atoms with Crippen molar-refractivity contribution < 1.29 is 54.5 Å². The van der Waals surface area contributed by atoms with Gasteiger partial charge in [0.1, 0.15) is 11.2 Å². The molecule has 22 heavy (non-hydrogen) atoms. The molecule has 0 radical (unpaired) electrons. The zero-order valence-electron chi connectivity index (χ0n) is 13.2. The Morgan fingerprint density at radius 1 is 1.36 bits per heavy atom. The Balaban J connectivity index is 0.00000220. The Labute approximate surface area is 152 Å². The maximum Gasteiger partial charge on any atom is 1.00 e. The summed E-state index contributed by atoms with van der Waals surface area (Å²) in [6.07, 6.45) is 1.12. The summed E-state index contributed by atoms with van der Waals surface area (Å²) in [7, 11) is 1.60. The molecule has 116 valence electrons. The molecule has 0 spiro atoms. The quantitative estimate of drug-likeness (QED) is 0.552. The van der Waals surface area contributed by atoms with Gasteiger partial charge in [0.15, 0.2) is 0 Å². The van der Waals surface area contributed by atoms with E-state index in [1.807, 2.05) is 24.3 Å². The smallest absolute Gasteiger partial charge is 0.870 e. The SMILES string of the molecule is COc1ccc(CN2CCCC(C)(C(=O)O)C2=O)cc1.[Na+].[OH-]. The summed E-state index contributed by atoms with van der Waals surface area (Å²) >= 11 is 0. The van der Waals surface area contributed by atoms with Crippen LogP contribution < -0.4 is 34.3 Å². The second-order valence-electron chi connectivity index (χ2n) is 5.32. The fourth-order valence-corrected chi connectivity index (χ4v) is 2.48. The van der Waals surface area contributed by atoms with Crippen LogP contribution in [0.4, 0.5) is 0 Å². The Bertz CT molecular complexity index is 519. The van der Waals surface area contributed by atoms with E-state index < -0.39 is 11.4 Å². The van der Waals surface area contributed by atoms with E-state index in [2.05, 4.69) is 0 Å². The van der Waals surface area contributed by atoms with Crippen molar-refractivity contribution in [1.29, 1.82) is 0 Å². The fraction of sp³-hybridized carbons (Fsp3) is 0.467. The zero-order valence-corrected chi connectivity index (χ0v) is 15.2. The summed E-state index contributed by atoms with van der Waals surface area (Å²) in [5.74, 6) is -0.580. The molecule has 0 bridgehead atoms. The molecule has 1 amide bonds. The van der Waals surface area contributed by atoms with Crippen LogP contribution in [-0.4, -0.2) is 41.0 Å². The van der Waals surface area contributed by atoms with Crippen LogP contribution in [0.25, 0.3) is 0 Å². The molecule has 1 fully saturated rings. The molecule has 1 aromatic rings. The van der Waals surface area contributed by atoms with E-state index in [-0.39, 0.29) is 40.9 Å². The minimum atomic E-state index is -1.29. The molecule has 1 saturated heterocycles. The summed E-state index contributed by atoms with van der Waals surface area (Å²) in [5.41, 5.74) is -0.321. The third-order valence-corrected chi connectivity index (χ3v) is 3.87.